The molecule has 0 aliphatic heterocycles. The third kappa shape index (κ3) is 5.51. The van der Waals surface area contributed by atoms with Gasteiger partial charge in [0.2, 0.25) is 5.91 Å². The first-order valence-corrected chi connectivity index (χ1v) is 5.77. The third-order valence-electron chi connectivity index (χ3n) is 2.28. The van der Waals surface area contributed by atoms with E-state index in [1.54, 1.807) is 0 Å². The minimum atomic E-state index is -0.0325. The molecule has 0 aromatic heterocycles. The number of nitrogens with one attached hydrogen (secondary N) is 1. The quantitative estimate of drug-likeness (QED) is 0.567. The van der Waals surface area contributed by atoms with Crippen LogP contribution in [0.5, 0.6) is 0 Å². The summed E-state index contributed by atoms with van der Waals surface area (Å²) >= 11 is 0. The fourth-order valence-corrected chi connectivity index (χ4v) is 1.33. The SMILES string of the molecule is CCCCC(=O)NOCCc1ccccc1. The highest BCUT2D eigenvalue weighted by Crippen LogP contribution is 1.99. The molecule has 0 bridgehead atoms. The fourth-order valence-electron chi connectivity index (χ4n) is 1.33. The first-order valence-electron chi connectivity index (χ1n) is 5.77. The molecular formula is C13H19NO2. The van der Waals surface area contributed by atoms with E-state index < -0.39 is 0 Å². The van der Waals surface area contributed by atoms with Gasteiger partial charge in [-0.2, -0.15) is 0 Å². The zero-order valence-electron chi connectivity index (χ0n) is 9.74. The molecule has 0 spiro atoms. The molecule has 0 aliphatic rings. The first kappa shape index (κ1) is 12.7. The minimum Gasteiger partial charge on any atom is -0.273 e. The van der Waals surface area contributed by atoms with Crippen LogP contribution in [0.1, 0.15) is 31.7 Å². The number of carbonyl (C=O) groups is 1. The lowest BCUT2D eigenvalue weighted by molar-refractivity contribution is -0.133. The van der Waals surface area contributed by atoms with Crippen molar-refractivity contribution >= 4 is 5.91 Å². The Morgan fingerprint density at radius 2 is 2.06 bits per heavy atom. The lowest BCUT2D eigenvalue weighted by Gasteiger charge is -2.05. The summed E-state index contributed by atoms with van der Waals surface area (Å²) in [6, 6.07) is 10.1. The molecule has 0 unspecified atom stereocenters. The Labute approximate surface area is 96.8 Å². The van der Waals surface area contributed by atoms with Crippen molar-refractivity contribution in [3.63, 3.8) is 0 Å². The van der Waals surface area contributed by atoms with Crippen LogP contribution in [0, 0.1) is 0 Å². The van der Waals surface area contributed by atoms with Crippen molar-refractivity contribution in [2.45, 2.75) is 32.6 Å². The van der Waals surface area contributed by atoms with Crippen LogP contribution in [0.3, 0.4) is 0 Å². The van der Waals surface area contributed by atoms with Gasteiger partial charge in [0.25, 0.3) is 0 Å². The monoisotopic (exact) mass is 221 g/mol. The molecule has 0 atom stereocenters. The molecule has 1 aromatic carbocycles. The number of unbranched alkanes of at least 4 members (excludes halogenated alkanes) is 1. The van der Waals surface area contributed by atoms with Crippen molar-refractivity contribution in [1.29, 1.82) is 0 Å². The summed E-state index contributed by atoms with van der Waals surface area (Å²) < 4.78 is 0. The van der Waals surface area contributed by atoms with E-state index in [1.165, 1.54) is 5.56 Å². The Balaban J connectivity index is 2.06. The maximum atomic E-state index is 11.2. The van der Waals surface area contributed by atoms with Crippen molar-refractivity contribution in [1.82, 2.24) is 5.48 Å². The Kier molecular flexibility index (Phi) is 6.26. The molecule has 1 aromatic rings. The second-order valence-corrected chi connectivity index (χ2v) is 3.71. The molecule has 0 saturated heterocycles. The second-order valence-electron chi connectivity index (χ2n) is 3.71. The van der Waals surface area contributed by atoms with Gasteiger partial charge in [-0.25, -0.2) is 5.48 Å². The summed E-state index contributed by atoms with van der Waals surface area (Å²) in [5, 5.41) is 0. The summed E-state index contributed by atoms with van der Waals surface area (Å²) in [6.45, 7) is 2.57. The van der Waals surface area contributed by atoms with Crippen LogP contribution >= 0.6 is 0 Å². The maximum absolute atomic E-state index is 11.2. The summed E-state index contributed by atoms with van der Waals surface area (Å²) in [6.07, 6.45) is 3.29. The topological polar surface area (TPSA) is 38.3 Å². The van der Waals surface area contributed by atoms with Gasteiger partial charge < -0.3 is 0 Å². The lowest BCUT2D eigenvalue weighted by atomic mass is 10.2. The molecule has 0 heterocycles. The van der Waals surface area contributed by atoms with Crippen molar-refractivity contribution in [2.24, 2.45) is 0 Å². The first-order chi connectivity index (χ1) is 7.83. The van der Waals surface area contributed by atoms with Crippen molar-refractivity contribution < 1.29 is 9.63 Å². The molecule has 3 nitrogen and oxygen atoms in total. The van der Waals surface area contributed by atoms with Gasteiger partial charge in [-0.1, -0.05) is 43.7 Å². The van der Waals surface area contributed by atoms with Crippen LogP contribution in [0.15, 0.2) is 30.3 Å². The number of hydrogen-bond donors (Lipinski definition) is 1. The number of amides is 1. The number of hydrogen-bond acceptors (Lipinski definition) is 2. The van der Waals surface area contributed by atoms with E-state index >= 15 is 0 Å². The number of rotatable bonds is 7. The van der Waals surface area contributed by atoms with E-state index in [9.17, 15) is 4.79 Å². The third-order valence-corrected chi connectivity index (χ3v) is 2.28. The molecule has 3 heteroatoms. The average molecular weight is 221 g/mol. The number of carbonyl (C=O) groups excluding carboxylic acids is 1. The van der Waals surface area contributed by atoms with Gasteiger partial charge in [0.1, 0.15) is 0 Å². The van der Waals surface area contributed by atoms with Crippen molar-refractivity contribution in [2.75, 3.05) is 6.61 Å². The minimum absolute atomic E-state index is 0.0325. The predicted molar refractivity (Wildman–Crippen MR) is 63.8 cm³/mol. The largest absolute Gasteiger partial charge is 0.273 e. The molecule has 88 valence electrons. The van der Waals surface area contributed by atoms with E-state index in [1.807, 2.05) is 30.3 Å². The van der Waals surface area contributed by atoms with Gasteiger partial charge in [-0.3, -0.25) is 9.63 Å². The van der Waals surface area contributed by atoms with Gasteiger partial charge in [-0.05, 0) is 18.4 Å². The number of benzene rings is 1. The second kappa shape index (κ2) is 7.88. The van der Waals surface area contributed by atoms with Crippen molar-refractivity contribution in [3.05, 3.63) is 35.9 Å². The number of hydroxylamine groups is 1. The smallest absolute Gasteiger partial charge is 0.243 e. The van der Waals surface area contributed by atoms with E-state index in [2.05, 4.69) is 12.4 Å². The van der Waals surface area contributed by atoms with Crippen LogP contribution in [-0.2, 0) is 16.1 Å². The van der Waals surface area contributed by atoms with E-state index in [0.29, 0.717) is 13.0 Å². The van der Waals surface area contributed by atoms with E-state index in [-0.39, 0.29) is 5.91 Å². The fraction of sp³-hybridized carbons (Fsp3) is 0.462. The Hall–Kier alpha value is -1.35. The maximum Gasteiger partial charge on any atom is 0.243 e. The zero-order valence-corrected chi connectivity index (χ0v) is 9.74. The predicted octanol–water partition coefficient (Wildman–Crippen LogP) is 2.47. The van der Waals surface area contributed by atoms with Crippen LogP contribution < -0.4 is 5.48 Å². The van der Waals surface area contributed by atoms with Gasteiger partial charge >= 0.3 is 0 Å². The molecule has 0 aliphatic carbocycles. The molecular weight excluding hydrogens is 202 g/mol. The lowest BCUT2D eigenvalue weighted by Crippen LogP contribution is -2.24. The molecule has 1 N–H and O–H groups in total. The van der Waals surface area contributed by atoms with Crippen LogP contribution in [0.4, 0.5) is 0 Å². The zero-order chi connectivity index (χ0) is 11.6. The van der Waals surface area contributed by atoms with Gasteiger partial charge in [-0.15, -0.1) is 0 Å². The molecule has 0 fully saturated rings. The molecule has 0 saturated carbocycles. The highest BCUT2D eigenvalue weighted by molar-refractivity contribution is 5.74. The van der Waals surface area contributed by atoms with Crippen LogP contribution in [0.25, 0.3) is 0 Å². The summed E-state index contributed by atoms with van der Waals surface area (Å²) in [4.78, 5) is 16.3. The Morgan fingerprint density at radius 3 is 2.75 bits per heavy atom. The molecule has 1 amide bonds. The molecule has 16 heavy (non-hydrogen) atoms. The molecule has 1 rings (SSSR count). The van der Waals surface area contributed by atoms with Crippen LogP contribution in [0.2, 0.25) is 0 Å². The van der Waals surface area contributed by atoms with Crippen molar-refractivity contribution in [3.8, 4) is 0 Å². The summed E-state index contributed by atoms with van der Waals surface area (Å²) in [7, 11) is 0. The summed E-state index contributed by atoms with van der Waals surface area (Å²) in [5.41, 5.74) is 3.66. The van der Waals surface area contributed by atoms with E-state index in [4.69, 9.17) is 4.84 Å². The van der Waals surface area contributed by atoms with Gasteiger partial charge in [0.15, 0.2) is 0 Å². The van der Waals surface area contributed by atoms with E-state index in [0.717, 1.165) is 19.3 Å². The molecule has 0 radical (unpaired) electrons. The highest BCUT2D eigenvalue weighted by Gasteiger charge is 1.99. The highest BCUT2D eigenvalue weighted by atomic mass is 16.6. The normalized spacial score (nSPS) is 10.1. The van der Waals surface area contributed by atoms with Gasteiger partial charge in [0.05, 0.1) is 6.61 Å². The Morgan fingerprint density at radius 1 is 1.31 bits per heavy atom. The van der Waals surface area contributed by atoms with Crippen LogP contribution in [-0.4, -0.2) is 12.5 Å². The Bertz CT molecular complexity index is 298. The average Bonchev–Trinajstić information content (AvgIpc) is 2.33. The van der Waals surface area contributed by atoms with Gasteiger partial charge in [0, 0.05) is 6.42 Å². The summed E-state index contributed by atoms with van der Waals surface area (Å²) in [5.74, 6) is -0.0325. The standard InChI is InChI=1S/C13H19NO2/c1-2-3-9-13(15)14-16-11-10-12-7-5-4-6-8-12/h4-8H,2-3,9-11H2,1H3,(H,14,15).